The Morgan fingerprint density at radius 1 is 1.33 bits per heavy atom. The molecule has 0 radical (unpaired) electrons. The van der Waals surface area contributed by atoms with Crippen molar-refractivity contribution in [2.75, 3.05) is 6.54 Å². The van der Waals surface area contributed by atoms with Crippen molar-refractivity contribution in [3.63, 3.8) is 0 Å². The van der Waals surface area contributed by atoms with Crippen molar-refractivity contribution >= 4 is 11.7 Å². The molecule has 0 aromatic heterocycles. The SMILES string of the molecule is Cc1ccc(C(=O)/C=C2/NCC(C)NC2=O)cc1. The number of nitrogens with one attached hydrogen (secondary N) is 2. The van der Waals surface area contributed by atoms with E-state index in [-0.39, 0.29) is 17.7 Å². The summed E-state index contributed by atoms with van der Waals surface area (Å²) in [5.41, 5.74) is 2.02. The zero-order valence-corrected chi connectivity index (χ0v) is 10.5. The average Bonchev–Trinajstić information content (AvgIpc) is 2.33. The molecule has 1 saturated heterocycles. The van der Waals surface area contributed by atoms with Gasteiger partial charge in [-0.05, 0) is 13.8 Å². The quantitative estimate of drug-likeness (QED) is 0.606. The molecule has 0 aliphatic carbocycles. The standard InChI is InChI=1S/C14H16N2O2/c1-9-3-5-11(6-4-9)13(17)7-12-14(18)16-10(2)8-15-12/h3-7,10,15H,8H2,1-2H3,(H,16,18)/b12-7+. The minimum Gasteiger partial charge on any atom is -0.378 e. The van der Waals surface area contributed by atoms with Gasteiger partial charge in [-0.15, -0.1) is 0 Å². The Labute approximate surface area is 106 Å². The summed E-state index contributed by atoms with van der Waals surface area (Å²) in [5, 5.41) is 5.73. The molecule has 1 unspecified atom stereocenters. The zero-order chi connectivity index (χ0) is 13.1. The van der Waals surface area contributed by atoms with Crippen LogP contribution in [-0.4, -0.2) is 24.3 Å². The van der Waals surface area contributed by atoms with Crippen molar-refractivity contribution < 1.29 is 9.59 Å². The van der Waals surface area contributed by atoms with E-state index < -0.39 is 0 Å². The van der Waals surface area contributed by atoms with Gasteiger partial charge in [-0.2, -0.15) is 0 Å². The minimum absolute atomic E-state index is 0.0872. The Morgan fingerprint density at radius 3 is 2.61 bits per heavy atom. The number of hydrogen-bond acceptors (Lipinski definition) is 3. The molecule has 4 heteroatoms. The number of benzene rings is 1. The van der Waals surface area contributed by atoms with Crippen LogP contribution in [0, 0.1) is 6.92 Å². The van der Waals surface area contributed by atoms with Gasteiger partial charge in [0.2, 0.25) is 0 Å². The third-order valence-corrected chi connectivity index (χ3v) is 2.83. The van der Waals surface area contributed by atoms with Crippen LogP contribution in [0.15, 0.2) is 36.0 Å². The highest BCUT2D eigenvalue weighted by Crippen LogP contribution is 2.07. The monoisotopic (exact) mass is 244 g/mol. The molecule has 18 heavy (non-hydrogen) atoms. The van der Waals surface area contributed by atoms with Crippen molar-refractivity contribution in [2.45, 2.75) is 19.9 Å². The van der Waals surface area contributed by atoms with E-state index in [1.807, 2.05) is 26.0 Å². The number of rotatable bonds is 2. The zero-order valence-electron chi connectivity index (χ0n) is 10.5. The van der Waals surface area contributed by atoms with Gasteiger partial charge in [0.1, 0.15) is 5.70 Å². The largest absolute Gasteiger partial charge is 0.378 e. The van der Waals surface area contributed by atoms with E-state index in [2.05, 4.69) is 10.6 Å². The van der Waals surface area contributed by atoms with Crippen molar-refractivity contribution in [2.24, 2.45) is 0 Å². The summed E-state index contributed by atoms with van der Waals surface area (Å²) in [7, 11) is 0. The third kappa shape index (κ3) is 2.77. The molecule has 1 aromatic carbocycles. The highest BCUT2D eigenvalue weighted by molar-refractivity contribution is 6.09. The molecule has 0 saturated carbocycles. The number of amides is 1. The van der Waals surface area contributed by atoms with Crippen LogP contribution in [0.1, 0.15) is 22.8 Å². The van der Waals surface area contributed by atoms with Gasteiger partial charge < -0.3 is 10.6 Å². The lowest BCUT2D eigenvalue weighted by molar-refractivity contribution is -0.119. The summed E-state index contributed by atoms with van der Waals surface area (Å²) in [6.45, 7) is 4.51. The Kier molecular flexibility index (Phi) is 3.46. The lowest BCUT2D eigenvalue weighted by Gasteiger charge is -2.23. The molecule has 1 amide bonds. The molecule has 0 bridgehead atoms. The first-order chi connectivity index (χ1) is 8.56. The summed E-state index contributed by atoms with van der Waals surface area (Å²) in [6.07, 6.45) is 1.35. The third-order valence-electron chi connectivity index (χ3n) is 2.83. The van der Waals surface area contributed by atoms with Gasteiger partial charge in [0.15, 0.2) is 5.78 Å². The molecule has 1 aliphatic heterocycles. The predicted octanol–water partition coefficient (Wildman–Crippen LogP) is 1.17. The van der Waals surface area contributed by atoms with Crippen LogP contribution in [0.5, 0.6) is 0 Å². The first kappa shape index (κ1) is 12.4. The Morgan fingerprint density at radius 2 is 2.00 bits per heavy atom. The Balaban J connectivity index is 2.15. The Hall–Kier alpha value is -2.10. The van der Waals surface area contributed by atoms with E-state index in [1.165, 1.54) is 6.08 Å². The number of carbonyl (C=O) groups is 2. The van der Waals surface area contributed by atoms with Crippen molar-refractivity contribution in [1.82, 2.24) is 10.6 Å². The molecule has 2 rings (SSSR count). The maximum absolute atomic E-state index is 12.0. The number of carbonyl (C=O) groups excluding carboxylic acids is 2. The predicted molar refractivity (Wildman–Crippen MR) is 69.2 cm³/mol. The topological polar surface area (TPSA) is 58.2 Å². The molecule has 1 atom stereocenters. The first-order valence-electron chi connectivity index (χ1n) is 5.93. The van der Waals surface area contributed by atoms with E-state index in [1.54, 1.807) is 12.1 Å². The van der Waals surface area contributed by atoms with Crippen LogP contribution in [0.25, 0.3) is 0 Å². The molecular formula is C14H16N2O2. The summed E-state index contributed by atoms with van der Waals surface area (Å²) in [5.74, 6) is -0.392. The van der Waals surface area contributed by atoms with Gasteiger partial charge in [-0.25, -0.2) is 0 Å². The van der Waals surface area contributed by atoms with Gasteiger partial charge >= 0.3 is 0 Å². The molecule has 1 heterocycles. The van der Waals surface area contributed by atoms with Crippen LogP contribution >= 0.6 is 0 Å². The molecule has 1 aliphatic rings. The molecule has 4 nitrogen and oxygen atoms in total. The number of allylic oxidation sites excluding steroid dienone is 1. The van der Waals surface area contributed by atoms with Gasteiger partial charge in [0, 0.05) is 24.2 Å². The highest BCUT2D eigenvalue weighted by Gasteiger charge is 2.19. The van der Waals surface area contributed by atoms with Gasteiger partial charge in [-0.3, -0.25) is 9.59 Å². The second-order valence-corrected chi connectivity index (χ2v) is 4.54. The van der Waals surface area contributed by atoms with E-state index in [4.69, 9.17) is 0 Å². The van der Waals surface area contributed by atoms with Crippen molar-refractivity contribution in [3.05, 3.63) is 47.2 Å². The lowest BCUT2D eigenvalue weighted by Crippen LogP contribution is -2.49. The van der Waals surface area contributed by atoms with Crippen LogP contribution in [-0.2, 0) is 4.79 Å². The molecule has 1 fully saturated rings. The molecule has 1 aromatic rings. The summed E-state index contributed by atoms with van der Waals surface area (Å²) in [6, 6.07) is 7.37. The maximum atomic E-state index is 12.0. The molecular weight excluding hydrogens is 228 g/mol. The minimum atomic E-state index is -0.228. The molecule has 94 valence electrons. The first-order valence-corrected chi connectivity index (χ1v) is 5.93. The van der Waals surface area contributed by atoms with Crippen LogP contribution < -0.4 is 10.6 Å². The maximum Gasteiger partial charge on any atom is 0.267 e. The van der Waals surface area contributed by atoms with Gasteiger partial charge in [0.05, 0.1) is 0 Å². The fourth-order valence-electron chi connectivity index (χ4n) is 1.74. The Bertz CT molecular complexity index is 503. The van der Waals surface area contributed by atoms with Crippen LogP contribution in [0.3, 0.4) is 0 Å². The smallest absolute Gasteiger partial charge is 0.267 e. The van der Waals surface area contributed by atoms with E-state index in [0.29, 0.717) is 17.8 Å². The van der Waals surface area contributed by atoms with Crippen LogP contribution in [0.2, 0.25) is 0 Å². The lowest BCUT2D eigenvalue weighted by atomic mass is 10.1. The fourth-order valence-corrected chi connectivity index (χ4v) is 1.74. The fraction of sp³-hybridized carbons (Fsp3) is 0.286. The van der Waals surface area contributed by atoms with E-state index in [0.717, 1.165) is 5.56 Å². The highest BCUT2D eigenvalue weighted by atomic mass is 16.2. The second kappa shape index (κ2) is 5.04. The van der Waals surface area contributed by atoms with E-state index in [9.17, 15) is 9.59 Å². The van der Waals surface area contributed by atoms with Gasteiger partial charge in [-0.1, -0.05) is 29.8 Å². The number of ketones is 1. The van der Waals surface area contributed by atoms with E-state index >= 15 is 0 Å². The van der Waals surface area contributed by atoms with Crippen LogP contribution in [0.4, 0.5) is 0 Å². The summed E-state index contributed by atoms with van der Waals surface area (Å²) >= 11 is 0. The average molecular weight is 244 g/mol. The number of hydrogen-bond donors (Lipinski definition) is 2. The summed E-state index contributed by atoms with van der Waals surface area (Å²) < 4.78 is 0. The molecule has 2 N–H and O–H groups in total. The summed E-state index contributed by atoms with van der Waals surface area (Å²) in [4.78, 5) is 23.6. The van der Waals surface area contributed by atoms with Crippen molar-refractivity contribution in [1.29, 1.82) is 0 Å². The second-order valence-electron chi connectivity index (χ2n) is 4.54. The number of aryl methyl sites for hydroxylation is 1. The van der Waals surface area contributed by atoms with Crippen molar-refractivity contribution in [3.8, 4) is 0 Å². The number of piperazine rings is 1. The van der Waals surface area contributed by atoms with Gasteiger partial charge in [0.25, 0.3) is 5.91 Å². The normalized spacial score (nSPS) is 21.3. The molecule has 0 spiro atoms.